The van der Waals surface area contributed by atoms with Gasteiger partial charge >= 0.3 is 5.97 Å². The third-order valence-corrected chi connectivity index (χ3v) is 5.98. The molecule has 180 valence electrons. The van der Waals surface area contributed by atoms with Gasteiger partial charge in [0.25, 0.3) is 0 Å². The second-order valence-electron chi connectivity index (χ2n) is 8.67. The first kappa shape index (κ1) is 26.7. The second kappa shape index (κ2) is 13.9. The summed E-state index contributed by atoms with van der Waals surface area (Å²) >= 11 is 0. The van der Waals surface area contributed by atoms with E-state index in [0.717, 1.165) is 31.2 Å². The number of carbonyl (C=O) groups excluding carboxylic acids is 1. The summed E-state index contributed by atoms with van der Waals surface area (Å²) in [6.07, 6.45) is 5.17. The number of aliphatic hydroxyl groups is 2. The van der Waals surface area contributed by atoms with Gasteiger partial charge in [0.2, 0.25) is 0 Å². The Bertz CT molecular complexity index is 918. The van der Waals surface area contributed by atoms with Gasteiger partial charge in [0.05, 0.1) is 6.61 Å². The maximum atomic E-state index is 14.6. The minimum absolute atomic E-state index is 0.00202. The van der Waals surface area contributed by atoms with Crippen LogP contribution in [0.15, 0.2) is 48.6 Å². The monoisotopic (exact) mass is 456 g/mol. The molecule has 0 aromatic heterocycles. The zero-order chi connectivity index (χ0) is 24.2. The Morgan fingerprint density at radius 1 is 0.970 bits per heavy atom. The summed E-state index contributed by atoms with van der Waals surface area (Å²) in [5.74, 6) is -0.664. The quantitative estimate of drug-likeness (QED) is 0.244. The van der Waals surface area contributed by atoms with Crippen LogP contribution in [-0.4, -0.2) is 36.0 Å². The highest BCUT2D eigenvalue weighted by molar-refractivity contribution is 5.86. The standard InChI is InChI=1S/C28H37FO4/c1-4-24-16-22(7-8-23(18-30)19-31)9-11-25(24)13-14-26-12-10-21(17-27(26)29)6-5-15-33-28(32)20(2)3/h9-12,16-17,23,30-31H,2,4-8,13-15,18-19H2,1,3H3. The molecule has 0 radical (unpaired) electrons. The number of hydrogen-bond acceptors (Lipinski definition) is 4. The Morgan fingerprint density at radius 2 is 1.61 bits per heavy atom. The molecule has 0 atom stereocenters. The third kappa shape index (κ3) is 8.75. The van der Waals surface area contributed by atoms with Crippen LogP contribution in [0, 0.1) is 11.7 Å². The van der Waals surface area contributed by atoms with Crippen molar-refractivity contribution in [1.29, 1.82) is 0 Å². The van der Waals surface area contributed by atoms with E-state index in [2.05, 4.69) is 31.7 Å². The van der Waals surface area contributed by atoms with E-state index in [0.29, 0.717) is 37.0 Å². The zero-order valence-corrected chi connectivity index (χ0v) is 19.9. The highest BCUT2D eigenvalue weighted by Crippen LogP contribution is 2.20. The molecule has 33 heavy (non-hydrogen) atoms. The van der Waals surface area contributed by atoms with Gasteiger partial charge in [-0.05, 0) is 85.8 Å². The van der Waals surface area contributed by atoms with Crippen LogP contribution in [0.1, 0.15) is 54.5 Å². The minimum Gasteiger partial charge on any atom is -0.462 e. The SMILES string of the molecule is C=C(C)C(=O)OCCCc1ccc(CCc2ccc(CCC(CO)CO)cc2CC)c(F)c1. The molecule has 0 heterocycles. The van der Waals surface area contributed by atoms with Gasteiger partial charge < -0.3 is 14.9 Å². The van der Waals surface area contributed by atoms with Crippen molar-refractivity contribution in [3.63, 3.8) is 0 Å². The van der Waals surface area contributed by atoms with E-state index in [-0.39, 0.29) is 24.9 Å². The predicted molar refractivity (Wildman–Crippen MR) is 130 cm³/mol. The van der Waals surface area contributed by atoms with Crippen LogP contribution in [0.25, 0.3) is 0 Å². The summed E-state index contributed by atoms with van der Waals surface area (Å²) in [7, 11) is 0. The van der Waals surface area contributed by atoms with E-state index < -0.39 is 5.97 Å². The first-order chi connectivity index (χ1) is 15.9. The third-order valence-electron chi connectivity index (χ3n) is 5.98. The van der Waals surface area contributed by atoms with Gasteiger partial charge in [0.1, 0.15) is 5.82 Å². The molecule has 0 aliphatic rings. The van der Waals surface area contributed by atoms with Crippen molar-refractivity contribution in [3.05, 3.63) is 82.2 Å². The van der Waals surface area contributed by atoms with Crippen molar-refractivity contribution in [2.75, 3.05) is 19.8 Å². The van der Waals surface area contributed by atoms with Crippen molar-refractivity contribution in [2.45, 2.75) is 58.8 Å². The Hall–Kier alpha value is -2.50. The lowest BCUT2D eigenvalue weighted by Crippen LogP contribution is -2.12. The molecule has 5 heteroatoms. The molecule has 0 spiro atoms. The summed E-state index contributed by atoms with van der Waals surface area (Å²) in [5, 5.41) is 18.5. The average Bonchev–Trinajstić information content (AvgIpc) is 2.82. The van der Waals surface area contributed by atoms with Crippen LogP contribution in [-0.2, 0) is 41.6 Å². The topological polar surface area (TPSA) is 66.8 Å². The first-order valence-corrected chi connectivity index (χ1v) is 11.8. The van der Waals surface area contributed by atoms with Crippen molar-refractivity contribution in [1.82, 2.24) is 0 Å². The highest BCUT2D eigenvalue weighted by Gasteiger charge is 2.10. The summed E-state index contributed by atoms with van der Waals surface area (Å²) in [5.41, 5.74) is 5.66. The van der Waals surface area contributed by atoms with Crippen molar-refractivity contribution < 1.29 is 24.1 Å². The predicted octanol–water partition coefficient (Wildman–Crippen LogP) is 4.76. The maximum Gasteiger partial charge on any atom is 0.333 e. The van der Waals surface area contributed by atoms with E-state index in [1.807, 2.05) is 12.1 Å². The molecule has 0 aliphatic heterocycles. The molecule has 2 aromatic carbocycles. The molecule has 2 N–H and O–H groups in total. The number of halogens is 1. The van der Waals surface area contributed by atoms with Crippen LogP contribution < -0.4 is 0 Å². The molecule has 0 fully saturated rings. The van der Waals surface area contributed by atoms with Gasteiger partial charge in [-0.1, -0.05) is 43.8 Å². The van der Waals surface area contributed by atoms with E-state index in [1.54, 1.807) is 13.0 Å². The molecule has 0 amide bonds. The second-order valence-corrected chi connectivity index (χ2v) is 8.67. The summed E-state index contributed by atoms with van der Waals surface area (Å²) in [6.45, 7) is 7.58. The van der Waals surface area contributed by atoms with Crippen molar-refractivity contribution >= 4 is 5.97 Å². The van der Waals surface area contributed by atoms with Crippen LogP contribution in [0.5, 0.6) is 0 Å². The Morgan fingerprint density at radius 3 is 2.21 bits per heavy atom. The van der Waals surface area contributed by atoms with E-state index in [9.17, 15) is 19.4 Å². The molecular formula is C28H37FO4. The van der Waals surface area contributed by atoms with E-state index in [4.69, 9.17) is 4.74 Å². The van der Waals surface area contributed by atoms with Crippen LogP contribution in [0.4, 0.5) is 4.39 Å². The number of esters is 1. The fourth-order valence-corrected chi connectivity index (χ4v) is 3.80. The minimum atomic E-state index is -0.393. The first-order valence-electron chi connectivity index (χ1n) is 11.8. The fraction of sp³-hybridized carbons (Fsp3) is 0.464. The molecule has 2 rings (SSSR count). The van der Waals surface area contributed by atoms with Crippen LogP contribution in [0.2, 0.25) is 0 Å². The lowest BCUT2D eigenvalue weighted by molar-refractivity contribution is -0.139. The van der Waals surface area contributed by atoms with Gasteiger partial charge in [0, 0.05) is 24.7 Å². The molecule has 0 bridgehead atoms. The lowest BCUT2D eigenvalue weighted by Gasteiger charge is -2.14. The van der Waals surface area contributed by atoms with Crippen molar-refractivity contribution in [2.24, 2.45) is 5.92 Å². The Balaban J connectivity index is 1.90. The van der Waals surface area contributed by atoms with E-state index in [1.165, 1.54) is 16.7 Å². The largest absolute Gasteiger partial charge is 0.462 e. The summed E-state index contributed by atoms with van der Waals surface area (Å²) in [6, 6.07) is 11.8. The molecule has 2 aromatic rings. The lowest BCUT2D eigenvalue weighted by atomic mass is 9.93. The van der Waals surface area contributed by atoms with Crippen LogP contribution in [0.3, 0.4) is 0 Å². The fourth-order valence-electron chi connectivity index (χ4n) is 3.80. The number of carbonyl (C=O) groups is 1. The molecular weight excluding hydrogens is 419 g/mol. The van der Waals surface area contributed by atoms with Crippen LogP contribution >= 0.6 is 0 Å². The summed E-state index contributed by atoms with van der Waals surface area (Å²) in [4.78, 5) is 11.4. The Labute approximate surface area is 197 Å². The molecule has 0 unspecified atom stereocenters. The van der Waals surface area contributed by atoms with E-state index >= 15 is 0 Å². The average molecular weight is 457 g/mol. The molecule has 0 saturated carbocycles. The molecule has 0 aliphatic carbocycles. The molecule has 4 nitrogen and oxygen atoms in total. The normalized spacial score (nSPS) is 11.1. The van der Waals surface area contributed by atoms with Gasteiger partial charge in [-0.2, -0.15) is 0 Å². The highest BCUT2D eigenvalue weighted by atomic mass is 19.1. The van der Waals surface area contributed by atoms with Gasteiger partial charge in [-0.25, -0.2) is 9.18 Å². The molecule has 0 saturated heterocycles. The van der Waals surface area contributed by atoms with Crippen molar-refractivity contribution in [3.8, 4) is 0 Å². The van der Waals surface area contributed by atoms with Gasteiger partial charge in [0.15, 0.2) is 0 Å². The number of benzene rings is 2. The maximum absolute atomic E-state index is 14.6. The number of ether oxygens (including phenoxy) is 1. The van der Waals surface area contributed by atoms with Gasteiger partial charge in [-0.15, -0.1) is 0 Å². The smallest absolute Gasteiger partial charge is 0.333 e. The zero-order valence-electron chi connectivity index (χ0n) is 19.9. The van der Waals surface area contributed by atoms with Gasteiger partial charge in [-0.3, -0.25) is 0 Å². The number of hydrogen-bond donors (Lipinski definition) is 2. The number of aryl methyl sites for hydroxylation is 5. The summed E-state index contributed by atoms with van der Waals surface area (Å²) < 4.78 is 19.7. The number of aliphatic hydroxyl groups excluding tert-OH is 2. The Kier molecular flexibility index (Phi) is 11.3. The number of rotatable bonds is 14.